The molecule has 2 atom stereocenters. The maximum Gasteiger partial charge on any atom is 0.386 e. The number of hydrogen-bond donors (Lipinski definition) is 2. The zero-order valence-electron chi connectivity index (χ0n) is 10.0. The summed E-state index contributed by atoms with van der Waals surface area (Å²) in [6.07, 6.45) is 5.95. The van der Waals surface area contributed by atoms with E-state index < -0.39 is 4.92 Å². The van der Waals surface area contributed by atoms with Crippen molar-refractivity contribution in [2.75, 3.05) is 5.32 Å². The lowest BCUT2D eigenvalue weighted by Crippen LogP contribution is -2.43. The molecule has 6 heteroatoms. The Balaban J connectivity index is 1.75. The lowest BCUT2D eigenvalue weighted by atomic mass is 9.99. The summed E-state index contributed by atoms with van der Waals surface area (Å²) in [4.78, 5) is 14.3. The fraction of sp³-hybridized carbons (Fsp3) is 0.583. The number of nitrogens with zero attached hydrogens (tertiary/aromatic N) is 2. The van der Waals surface area contributed by atoms with Crippen molar-refractivity contribution in [2.24, 2.45) is 0 Å². The number of fused-ring (bicyclic) bond motifs is 2. The molecule has 1 aromatic heterocycles. The lowest BCUT2D eigenvalue weighted by molar-refractivity contribution is -0.388. The van der Waals surface area contributed by atoms with Crippen molar-refractivity contribution in [3.8, 4) is 0 Å². The van der Waals surface area contributed by atoms with E-state index in [4.69, 9.17) is 0 Å². The average molecular weight is 248 g/mol. The number of nitro groups is 1. The molecule has 3 rings (SSSR count). The fourth-order valence-corrected chi connectivity index (χ4v) is 3.05. The maximum absolute atomic E-state index is 10.9. The van der Waals surface area contributed by atoms with E-state index >= 15 is 0 Å². The normalized spacial score (nSPS) is 30.1. The summed E-state index contributed by atoms with van der Waals surface area (Å²) in [5.41, 5.74) is 0.536. The van der Waals surface area contributed by atoms with Crippen LogP contribution >= 0.6 is 0 Å². The Hall–Kier alpha value is -1.69. The molecule has 2 fully saturated rings. The number of pyridine rings is 1. The van der Waals surface area contributed by atoms with Gasteiger partial charge in [0, 0.05) is 18.1 Å². The predicted molar refractivity (Wildman–Crippen MR) is 67.5 cm³/mol. The number of aromatic nitrogens is 1. The molecule has 0 aliphatic carbocycles. The minimum absolute atomic E-state index is 0.0802. The zero-order chi connectivity index (χ0) is 12.5. The molecule has 2 bridgehead atoms. The van der Waals surface area contributed by atoms with E-state index in [1.807, 2.05) is 0 Å². The van der Waals surface area contributed by atoms with Gasteiger partial charge in [0.05, 0.1) is 0 Å². The topological polar surface area (TPSA) is 80.1 Å². The summed E-state index contributed by atoms with van der Waals surface area (Å²) in [6.45, 7) is 0. The van der Waals surface area contributed by atoms with E-state index in [0.717, 1.165) is 12.8 Å². The standard InChI is InChI=1S/C12H16N4O2/c17-16(18)12-11(2-1-5-13-12)15-10-6-8-3-4-9(7-10)14-8/h1-2,5,8-10,14-15H,3-4,6-7H2. The van der Waals surface area contributed by atoms with Gasteiger partial charge in [-0.2, -0.15) is 0 Å². The molecular formula is C12H16N4O2. The number of piperidine rings is 1. The van der Waals surface area contributed by atoms with Gasteiger partial charge < -0.3 is 20.7 Å². The summed E-state index contributed by atoms with van der Waals surface area (Å²) in [5, 5.41) is 17.7. The number of rotatable bonds is 3. The second-order valence-corrected chi connectivity index (χ2v) is 5.08. The van der Waals surface area contributed by atoms with Crippen molar-refractivity contribution < 1.29 is 4.92 Å². The van der Waals surface area contributed by atoms with Gasteiger partial charge in [-0.15, -0.1) is 0 Å². The number of hydrogen-bond acceptors (Lipinski definition) is 5. The van der Waals surface area contributed by atoms with Gasteiger partial charge in [-0.1, -0.05) is 0 Å². The van der Waals surface area contributed by atoms with Crippen LogP contribution in [0.5, 0.6) is 0 Å². The van der Waals surface area contributed by atoms with Crippen molar-refractivity contribution >= 4 is 11.5 Å². The highest BCUT2D eigenvalue weighted by molar-refractivity contribution is 5.57. The molecule has 3 heterocycles. The molecule has 0 radical (unpaired) electrons. The van der Waals surface area contributed by atoms with Crippen LogP contribution in [-0.4, -0.2) is 28.0 Å². The summed E-state index contributed by atoms with van der Waals surface area (Å²) >= 11 is 0. The summed E-state index contributed by atoms with van der Waals surface area (Å²) < 4.78 is 0. The molecule has 0 spiro atoms. The Bertz CT molecular complexity index is 453. The molecule has 2 aliphatic rings. The predicted octanol–water partition coefficient (Wildman–Crippen LogP) is 1.68. The monoisotopic (exact) mass is 248 g/mol. The van der Waals surface area contributed by atoms with Gasteiger partial charge in [-0.05, 0) is 47.7 Å². The third kappa shape index (κ3) is 2.15. The van der Waals surface area contributed by atoms with Crippen molar-refractivity contribution in [3.05, 3.63) is 28.4 Å². The van der Waals surface area contributed by atoms with E-state index in [2.05, 4.69) is 15.6 Å². The van der Waals surface area contributed by atoms with E-state index in [1.54, 1.807) is 12.1 Å². The quantitative estimate of drug-likeness (QED) is 0.628. The second kappa shape index (κ2) is 4.53. The van der Waals surface area contributed by atoms with Gasteiger partial charge in [0.15, 0.2) is 0 Å². The van der Waals surface area contributed by atoms with Crippen molar-refractivity contribution in [1.29, 1.82) is 0 Å². The Labute approximate surface area is 105 Å². The fourth-order valence-electron chi connectivity index (χ4n) is 3.05. The molecule has 1 aromatic rings. The molecule has 2 N–H and O–H groups in total. The second-order valence-electron chi connectivity index (χ2n) is 5.08. The van der Waals surface area contributed by atoms with Gasteiger partial charge in [-0.3, -0.25) is 0 Å². The lowest BCUT2D eigenvalue weighted by Gasteiger charge is -2.30. The van der Waals surface area contributed by atoms with Crippen molar-refractivity contribution in [3.63, 3.8) is 0 Å². The molecule has 6 nitrogen and oxygen atoms in total. The van der Waals surface area contributed by atoms with Crippen LogP contribution in [-0.2, 0) is 0 Å². The highest BCUT2D eigenvalue weighted by atomic mass is 16.6. The minimum atomic E-state index is -0.433. The summed E-state index contributed by atoms with van der Waals surface area (Å²) in [5.74, 6) is -0.0802. The molecule has 2 saturated heterocycles. The van der Waals surface area contributed by atoms with Crippen LogP contribution in [0, 0.1) is 10.1 Å². The van der Waals surface area contributed by atoms with Crippen LogP contribution in [0.3, 0.4) is 0 Å². The van der Waals surface area contributed by atoms with Crippen molar-refractivity contribution in [2.45, 2.75) is 43.8 Å². The SMILES string of the molecule is O=[N+]([O-])c1ncccc1NC1CC2CCC(C1)N2. The van der Waals surface area contributed by atoms with Crippen LogP contribution in [0.1, 0.15) is 25.7 Å². The Morgan fingerprint density at radius 1 is 1.39 bits per heavy atom. The van der Waals surface area contributed by atoms with Crippen LogP contribution in [0.25, 0.3) is 0 Å². The van der Waals surface area contributed by atoms with Gasteiger partial charge in [0.25, 0.3) is 0 Å². The molecule has 96 valence electrons. The Kier molecular flexibility index (Phi) is 2.87. The molecule has 2 aliphatic heterocycles. The van der Waals surface area contributed by atoms with Gasteiger partial charge in [0.2, 0.25) is 0 Å². The average Bonchev–Trinajstić information content (AvgIpc) is 2.69. The Morgan fingerprint density at radius 3 is 2.78 bits per heavy atom. The van der Waals surface area contributed by atoms with Gasteiger partial charge >= 0.3 is 5.82 Å². The molecule has 18 heavy (non-hydrogen) atoms. The maximum atomic E-state index is 10.9. The highest BCUT2D eigenvalue weighted by Gasteiger charge is 2.34. The van der Waals surface area contributed by atoms with Crippen LogP contribution < -0.4 is 10.6 Å². The third-order valence-electron chi connectivity index (χ3n) is 3.79. The van der Waals surface area contributed by atoms with E-state index in [1.165, 1.54) is 19.0 Å². The first-order chi connectivity index (χ1) is 8.72. The van der Waals surface area contributed by atoms with E-state index in [9.17, 15) is 10.1 Å². The number of nitrogens with one attached hydrogen (secondary N) is 2. The van der Waals surface area contributed by atoms with E-state index in [-0.39, 0.29) is 5.82 Å². The molecule has 0 aromatic carbocycles. The van der Waals surface area contributed by atoms with Crippen LogP contribution in [0.15, 0.2) is 18.3 Å². The first-order valence-electron chi connectivity index (χ1n) is 6.34. The summed E-state index contributed by atoms with van der Waals surface area (Å²) in [6, 6.07) is 4.90. The zero-order valence-corrected chi connectivity index (χ0v) is 10.0. The van der Waals surface area contributed by atoms with Gasteiger partial charge in [0.1, 0.15) is 11.9 Å². The summed E-state index contributed by atoms with van der Waals surface area (Å²) in [7, 11) is 0. The number of anilines is 1. The van der Waals surface area contributed by atoms with Crippen LogP contribution in [0.4, 0.5) is 11.5 Å². The highest BCUT2D eigenvalue weighted by Crippen LogP contribution is 2.30. The minimum Gasteiger partial charge on any atom is -0.375 e. The largest absolute Gasteiger partial charge is 0.386 e. The van der Waals surface area contributed by atoms with Crippen LogP contribution in [0.2, 0.25) is 0 Å². The van der Waals surface area contributed by atoms with Crippen molar-refractivity contribution in [1.82, 2.24) is 10.3 Å². The Morgan fingerprint density at radius 2 is 2.11 bits per heavy atom. The van der Waals surface area contributed by atoms with E-state index in [0.29, 0.717) is 23.8 Å². The molecule has 2 unspecified atom stereocenters. The molecular weight excluding hydrogens is 232 g/mol. The third-order valence-corrected chi connectivity index (χ3v) is 3.79. The first-order valence-corrected chi connectivity index (χ1v) is 6.34. The first kappa shape index (κ1) is 11.4. The molecule has 0 saturated carbocycles. The molecule has 0 amide bonds. The smallest absolute Gasteiger partial charge is 0.375 e. The van der Waals surface area contributed by atoms with Gasteiger partial charge in [-0.25, -0.2) is 0 Å².